The quantitative estimate of drug-likeness (QED) is 0.889. The minimum atomic E-state index is -3.28. The smallest absolute Gasteiger partial charge is 0.217 e. The summed E-state index contributed by atoms with van der Waals surface area (Å²) in [5, 5.41) is -0.233. The average Bonchev–Trinajstić information content (AvgIpc) is 3.20. The Balaban J connectivity index is 1.65. The van der Waals surface area contributed by atoms with Crippen LogP contribution < -0.4 is 0 Å². The van der Waals surface area contributed by atoms with E-state index in [1.54, 1.807) is 30.0 Å². The van der Waals surface area contributed by atoms with Gasteiger partial charge in [0.15, 0.2) is 0 Å². The van der Waals surface area contributed by atoms with Crippen LogP contribution in [0.25, 0.3) is 11.3 Å². The minimum absolute atomic E-state index is 0.101. The predicted molar refractivity (Wildman–Crippen MR) is 88.6 cm³/mol. The van der Waals surface area contributed by atoms with E-state index in [9.17, 15) is 8.42 Å². The van der Waals surface area contributed by atoms with E-state index in [1.807, 2.05) is 12.1 Å². The van der Waals surface area contributed by atoms with E-state index in [2.05, 4.69) is 15.0 Å². The molecule has 2 atom stereocenters. The van der Waals surface area contributed by atoms with Gasteiger partial charge in [-0.3, -0.25) is 4.98 Å². The molecule has 2 fully saturated rings. The van der Waals surface area contributed by atoms with E-state index in [1.165, 1.54) is 0 Å². The Labute approximate surface area is 141 Å². The topological polar surface area (TPSA) is 88.2 Å². The van der Waals surface area contributed by atoms with Crippen LogP contribution in [0.15, 0.2) is 30.7 Å². The van der Waals surface area contributed by atoms with Crippen molar-refractivity contribution in [3.63, 3.8) is 0 Å². The normalized spacial score (nSPS) is 25.2. The van der Waals surface area contributed by atoms with Crippen LogP contribution in [-0.2, 0) is 14.8 Å². The summed E-state index contributed by atoms with van der Waals surface area (Å²) >= 11 is 0. The number of pyridine rings is 1. The molecule has 2 aromatic heterocycles. The summed E-state index contributed by atoms with van der Waals surface area (Å²) in [4.78, 5) is 11.8. The van der Waals surface area contributed by atoms with Crippen LogP contribution in [0, 0.1) is 0 Å². The number of nitrogens with zero attached hydrogens (tertiary/aromatic N) is 3. The molecular formula is C16H20N4O3S. The number of aromatic nitrogens is 3. The summed E-state index contributed by atoms with van der Waals surface area (Å²) in [5.74, 6) is 0.664. The Kier molecular flexibility index (Phi) is 3.90. The molecule has 4 rings (SSSR count). The predicted octanol–water partition coefficient (Wildman–Crippen LogP) is 1.73. The molecule has 2 aliphatic rings. The maximum atomic E-state index is 12.7. The number of aromatic amines is 1. The van der Waals surface area contributed by atoms with Crippen LogP contribution in [-0.4, -0.2) is 52.7 Å². The van der Waals surface area contributed by atoms with Crippen molar-refractivity contribution in [2.75, 3.05) is 13.7 Å². The van der Waals surface area contributed by atoms with Crippen LogP contribution in [0.3, 0.4) is 0 Å². The first-order valence-electron chi connectivity index (χ1n) is 8.08. The average molecular weight is 348 g/mol. The first-order chi connectivity index (χ1) is 11.6. The highest BCUT2D eigenvalue weighted by atomic mass is 32.2. The van der Waals surface area contributed by atoms with Gasteiger partial charge in [-0.25, -0.2) is 13.4 Å². The molecule has 7 nitrogen and oxygen atoms in total. The molecule has 0 radical (unpaired) electrons. The standard InChI is InChI=1S/C16H20N4O3S/c1-23-12-7-15(20(10-12)24(21,22)13-4-5-13)16-18-9-14(19-16)11-3-2-6-17-8-11/h2-3,6,8-9,12-13,15H,4-5,7,10H2,1H3,(H,18,19)/t12-,15+/m1/s1. The number of sulfonamides is 1. The molecule has 0 amide bonds. The highest BCUT2D eigenvalue weighted by Crippen LogP contribution is 2.40. The summed E-state index contributed by atoms with van der Waals surface area (Å²) < 4.78 is 32.5. The van der Waals surface area contributed by atoms with E-state index in [0.717, 1.165) is 24.1 Å². The molecule has 0 unspecified atom stereocenters. The van der Waals surface area contributed by atoms with Gasteiger partial charge in [-0.05, 0) is 31.4 Å². The van der Waals surface area contributed by atoms with Gasteiger partial charge in [0, 0.05) is 31.6 Å². The number of ether oxygens (including phenoxy) is 1. The van der Waals surface area contributed by atoms with Gasteiger partial charge in [-0.2, -0.15) is 4.31 Å². The molecular weight excluding hydrogens is 328 g/mol. The Hall–Kier alpha value is -1.77. The third-order valence-corrected chi connectivity index (χ3v) is 7.08. The van der Waals surface area contributed by atoms with Gasteiger partial charge in [0.1, 0.15) is 5.82 Å². The van der Waals surface area contributed by atoms with Crippen LogP contribution in [0.5, 0.6) is 0 Å². The Morgan fingerprint density at radius 3 is 2.83 bits per heavy atom. The van der Waals surface area contributed by atoms with Crippen molar-refractivity contribution < 1.29 is 13.2 Å². The van der Waals surface area contributed by atoms with Crippen LogP contribution in [0.2, 0.25) is 0 Å². The number of hydrogen-bond acceptors (Lipinski definition) is 5. The summed E-state index contributed by atoms with van der Waals surface area (Å²) in [7, 11) is -1.66. The van der Waals surface area contributed by atoms with Crippen molar-refractivity contribution in [1.29, 1.82) is 0 Å². The third kappa shape index (κ3) is 2.74. The zero-order valence-electron chi connectivity index (χ0n) is 13.4. The molecule has 1 aliphatic heterocycles. The molecule has 1 saturated heterocycles. The lowest BCUT2D eigenvalue weighted by Gasteiger charge is -2.22. The van der Waals surface area contributed by atoms with Crippen molar-refractivity contribution in [2.24, 2.45) is 0 Å². The van der Waals surface area contributed by atoms with Gasteiger partial charge in [-0.15, -0.1) is 0 Å². The van der Waals surface area contributed by atoms with Gasteiger partial charge >= 0.3 is 0 Å². The SMILES string of the molecule is CO[C@@H]1C[C@@H](c2ncc(-c3cccnc3)[nH]2)N(S(=O)(=O)C2CC2)C1. The van der Waals surface area contributed by atoms with Gasteiger partial charge in [0.25, 0.3) is 0 Å². The lowest BCUT2D eigenvalue weighted by atomic mass is 10.2. The Bertz CT molecular complexity index is 817. The molecule has 1 N–H and O–H groups in total. The third-order valence-electron chi connectivity index (χ3n) is 4.71. The lowest BCUT2D eigenvalue weighted by Crippen LogP contribution is -2.35. The molecule has 3 heterocycles. The molecule has 1 saturated carbocycles. The van der Waals surface area contributed by atoms with Crippen molar-refractivity contribution in [1.82, 2.24) is 19.3 Å². The molecule has 0 spiro atoms. The fourth-order valence-electron chi connectivity index (χ4n) is 3.20. The molecule has 24 heavy (non-hydrogen) atoms. The van der Waals surface area contributed by atoms with Crippen LogP contribution >= 0.6 is 0 Å². The van der Waals surface area contributed by atoms with Gasteiger partial charge in [-0.1, -0.05) is 0 Å². The maximum absolute atomic E-state index is 12.7. The number of hydrogen-bond donors (Lipinski definition) is 1. The number of imidazole rings is 1. The second-order valence-corrected chi connectivity index (χ2v) is 8.51. The molecule has 128 valence electrons. The van der Waals surface area contributed by atoms with E-state index < -0.39 is 10.0 Å². The zero-order chi connectivity index (χ0) is 16.7. The molecule has 0 aromatic carbocycles. The summed E-state index contributed by atoms with van der Waals surface area (Å²) in [6.45, 7) is 0.392. The van der Waals surface area contributed by atoms with E-state index in [-0.39, 0.29) is 17.4 Å². The van der Waals surface area contributed by atoms with Crippen molar-refractivity contribution in [2.45, 2.75) is 36.7 Å². The fourth-order valence-corrected chi connectivity index (χ4v) is 5.23. The summed E-state index contributed by atoms with van der Waals surface area (Å²) in [6.07, 6.45) is 7.21. The number of rotatable bonds is 5. The van der Waals surface area contributed by atoms with Gasteiger partial charge < -0.3 is 9.72 Å². The number of H-pyrrole nitrogens is 1. The second kappa shape index (κ2) is 5.94. The number of methoxy groups -OCH3 is 1. The van der Waals surface area contributed by atoms with E-state index in [0.29, 0.717) is 18.8 Å². The molecule has 0 bridgehead atoms. The van der Waals surface area contributed by atoms with Crippen LogP contribution in [0.1, 0.15) is 31.1 Å². The number of nitrogens with one attached hydrogen (secondary N) is 1. The fraction of sp³-hybridized carbons (Fsp3) is 0.500. The molecule has 1 aliphatic carbocycles. The second-order valence-electron chi connectivity index (χ2n) is 6.35. The van der Waals surface area contributed by atoms with Gasteiger partial charge in [0.2, 0.25) is 10.0 Å². The molecule has 8 heteroatoms. The van der Waals surface area contributed by atoms with E-state index >= 15 is 0 Å². The van der Waals surface area contributed by atoms with E-state index in [4.69, 9.17) is 4.74 Å². The minimum Gasteiger partial charge on any atom is -0.380 e. The zero-order valence-corrected chi connectivity index (χ0v) is 14.2. The highest BCUT2D eigenvalue weighted by molar-refractivity contribution is 7.90. The Morgan fingerprint density at radius 2 is 2.17 bits per heavy atom. The highest BCUT2D eigenvalue weighted by Gasteiger charge is 2.48. The van der Waals surface area contributed by atoms with Gasteiger partial charge in [0.05, 0.1) is 29.3 Å². The van der Waals surface area contributed by atoms with Crippen molar-refractivity contribution in [3.05, 3.63) is 36.5 Å². The summed E-state index contributed by atoms with van der Waals surface area (Å²) in [6, 6.07) is 3.50. The lowest BCUT2D eigenvalue weighted by molar-refractivity contribution is 0.114. The molecule has 2 aromatic rings. The maximum Gasteiger partial charge on any atom is 0.217 e. The largest absolute Gasteiger partial charge is 0.380 e. The first kappa shape index (κ1) is 15.7. The van der Waals surface area contributed by atoms with Crippen molar-refractivity contribution in [3.8, 4) is 11.3 Å². The Morgan fingerprint density at radius 1 is 1.33 bits per heavy atom. The first-order valence-corrected chi connectivity index (χ1v) is 9.58. The van der Waals surface area contributed by atoms with Crippen molar-refractivity contribution >= 4 is 10.0 Å². The summed E-state index contributed by atoms with van der Waals surface area (Å²) in [5.41, 5.74) is 1.76. The monoisotopic (exact) mass is 348 g/mol. The van der Waals surface area contributed by atoms with Crippen LogP contribution in [0.4, 0.5) is 0 Å².